The first kappa shape index (κ1) is 28.3. The van der Waals surface area contributed by atoms with E-state index in [1.165, 1.54) is 43.7 Å². The number of halogens is 2. The lowest BCUT2D eigenvalue weighted by Gasteiger charge is -2.33. The first-order valence-corrected chi connectivity index (χ1v) is 16.4. The molecule has 1 aliphatic heterocycles. The average molecular weight is 600 g/mol. The molecule has 2 aliphatic carbocycles. The number of aromatic nitrogens is 3. The van der Waals surface area contributed by atoms with Crippen molar-refractivity contribution in [1.29, 1.82) is 0 Å². The quantitative estimate of drug-likeness (QED) is 0.240. The smallest absolute Gasteiger partial charge is 0.260 e. The Morgan fingerprint density at radius 2 is 1.72 bits per heavy atom. The number of hydrogen-bond donors (Lipinski definition) is 1. The van der Waals surface area contributed by atoms with E-state index in [0.29, 0.717) is 45.4 Å². The second-order valence-corrected chi connectivity index (χ2v) is 13.3. The number of rotatable bonds is 6. The number of pyridine rings is 1. The van der Waals surface area contributed by atoms with Crippen molar-refractivity contribution in [2.24, 2.45) is 5.92 Å². The molecule has 224 valence electrons. The summed E-state index contributed by atoms with van der Waals surface area (Å²) in [6.07, 6.45) is 12.9. The molecule has 1 unspecified atom stereocenters. The van der Waals surface area contributed by atoms with Gasteiger partial charge in [-0.1, -0.05) is 56.3 Å². The molecule has 6 nitrogen and oxygen atoms in total. The SMILES string of the molecule is CC1CCCN(c2ccc(Nc3ncc4cc(-c5ccc(C6CCCC6)cc5Cl)c(=O)n(C5CCCC5)c4n3)cc2F)C1. The molecule has 43 heavy (non-hydrogen) atoms. The Kier molecular flexibility index (Phi) is 7.85. The Balaban J connectivity index is 1.23. The highest BCUT2D eigenvalue weighted by Gasteiger charge is 2.25. The highest BCUT2D eigenvalue weighted by atomic mass is 35.5. The summed E-state index contributed by atoms with van der Waals surface area (Å²) in [5.74, 6) is 1.19. The molecule has 1 atom stereocenters. The minimum atomic E-state index is -0.261. The molecule has 2 aromatic carbocycles. The molecule has 0 radical (unpaired) electrons. The number of benzene rings is 2. The van der Waals surface area contributed by atoms with Gasteiger partial charge in [0.25, 0.3) is 5.56 Å². The zero-order valence-electron chi connectivity index (χ0n) is 24.8. The van der Waals surface area contributed by atoms with E-state index in [0.717, 1.165) is 56.1 Å². The van der Waals surface area contributed by atoms with Gasteiger partial charge in [0, 0.05) is 52.6 Å². The molecule has 3 aliphatic rings. The van der Waals surface area contributed by atoms with Crippen molar-refractivity contribution in [1.82, 2.24) is 14.5 Å². The molecule has 2 aromatic heterocycles. The van der Waals surface area contributed by atoms with Crippen molar-refractivity contribution in [3.63, 3.8) is 0 Å². The van der Waals surface area contributed by atoms with Crippen LogP contribution in [0.3, 0.4) is 0 Å². The topological polar surface area (TPSA) is 63.1 Å². The molecule has 0 spiro atoms. The fraction of sp³-hybridized carbons (Fsp3) is 0.457. The van der Waals surface area contributed by atoms with Gasteiger partial charge in [-0.2, -0.15) is 4.98 Å². The van der Waals surface area contributed by atoms with Gasteiger partial charge < -0.3 is 10.2 Å². The third-order valence-corrected chi connectivity index (χ3v) is 10.1. The Labute approximate surface area is 257 Å². The number of anilines is 3. The molecule has 1 N–H and O–H groups in total. The number of piperidine rings is 1. The second-order valence-electron chi connectivity index (χ2n) is 12.8. The molecular weight excluding hydrogens is 561 g/mol. The van der Waals surface area contributed by atoms with Crippen LogP contribution in [0.15, 0.2) is 53.5 Å². The monoisotopic (exact) mass is 599 g/mol. The molecule has 0 bridgehead atoms. The van der Waals surface area contributed by atoms with Crippen LogP contribution in [0.25, 0.3) is 22.2 Å². The molecule has 7 rings (SSSR count). The van der Waals surface area contributed by atoms with E-state index in [9.17, 15) is 4.79 Å². The maximum absolute atomic E-state index is 15.2. The third-order valence-electron chi connectivity index (χ3n) is 9.77. The van der Waals surface area contributed by atoms with E-state index in [4.69, 9.17) is 16.6 Å². The van der Waals surface area contributed by atoms with Crippen molar-refractivity contribution in [3.05, 3.63) is 75.4 Å². The van der Waals surface area contributed by atoms with Gasteiger partial charge in [0.2, 0.25) is 5.95 Å². The van der Waals surface area contributed by atoms with Crippen LogP contribution in [0.4, 0.5) is 21.7 Å². The Hall–Kier alpha value is -3.45. The molecule has 0 amide bonds. The van der Waals surface area contributed by atoms with Crippen LogP contribution >= 0.6 is 11.6 Å². The zero-order valence-corrected chi connectivity index (χ0v) is 25.5. The van der Waals surface area contributed by atoms with Crippen molar-refractivity contribution >= 4 is 40.0 Å². The fourth-order valence-corrected chi connectivity index (χ4v) is 7.81. The molecule has 3 heterocycles. The highest BCUT2D eigenvalue weighted by molar-refractivity contribution is 6.33. The largest absolute Gasteiger partial charge is 0.369 e. The van der Waals surface area contributed by atoms with E-state index >= 15 is 4.39 Å². The lowest BCUT2D eigenvalue weighted by Crippen LogP contribution is -2.34. The van der Waals surface area contributed by atoms with Crippen molar-refractivity contribution in [3.8, 4) is 11.1 Å². The van der Waals surface area contributed by atoms with Crippen molar-refractivity contribution in [2.75, 3.05) is 23.3 Å². The summed E-state index contributed by atoms with van der Waals surface area (Å²) in [4.78, 5) is 25.7. The first-order chi connectivity index (χ1) is 20.9. The minimum Gasteiger partial charge on any atom is -0.369 e. The standard InChI is InChI=1S/C35H39ClFN5O/c1-22-7-6-16-41(21-22)32-15-13-26(19-31(32)37)39-35-38-20-25-17-29(34(43)42(33(25)40-35)27-10-4-5-11-27)28-14-12-24(18-30(28)36)23-8-2-3-9-23/h12-15,17-20,22-23,27H,2-11,16,21H2,1H3,(H,38,39,40). The van der Waals surface area contributed by atoms with Crippen molar-refractivity contribution in [2.45, 2.75) is 83.1 Å². The van der Waals surface area contributed by atoms with E-state index in [1.807, 2.05) is 28.8 Å². The van der Waals surface area contributed by atoms with Crippen LogP contribution in [0, 0.1) is 11.7 Å². The maximum atomic E-state index is 15.2. The molecular formula is C35H39ClFN5O. The summed E-state index contributed by atoms with van der Waals surface area (Å²) in [6, 6.07) is 13.4. The predicted molar refractivity (Wildman–Crippen MR) is 173 cm³/mol. The Morgan fingerprint density at radius 3 is 2.47 bits per heavy atom. The Morgan fingerprint density at radius 1 is 0.930 bits per heavy atom. The van der Waals surface area contributed by atoms with E-state index in [1.54, 1.807) is 6.20 Å². The van der Waals surface area contributed by atoms with Gasteiger partial charge in [-0.15, -0.1) is 0 Å². The summed E-state index contributed by atoms with van der Waals surface area (Å²) in [7, 11) is 0. The van der Waals surface area contributed by atoms with Crippen LogP contribution in [-0.4, -0.2) is 27.6 Å². The van der Waals surface area contributed by atoms with Gasteiger partial charge in [-0.05, 0) is 86.3 Å². The van der Waals surface area contributed by atoms with E-state index < -0.39 is 0 Å². The van der Waals surface area contributed by atoms with Gasteiger partial charge in [0.1, 0.15) is 11.5 Å². The summed E-state index contributed by atoms with van der Waals surface area (Å²) in [6.45, 7) is 3.96. The molecule has 2 saturated carbocycles. The predicted octanol–water partition coefficient (Wildman–Crippen LogP) is 9.00. The van der Waals surface area contributed by atoms with Gasteiger partial charge in [-0.25, -0.2) is 9.37 Å². The Bertz CT molecular complexity index is 1710. The first-order valence-electron chi connectivity index (χ1n) is 16.0. The van der Waals surface area contributed by atoms with Crippen LogP contribution in [-0.2, 0) is 0 Å². The van der Waals surface area contributed by atoms with E-state index in [2.05, 4.69) is 34.3 Å². The minimum absolute atomic E-state index is 0.0675. The van der Waals surface area contributed by atoms with Crippen molar-refractivity contribution < 1.29 is 4.39 Å². The lowest BCUT2D eigenvalue weighted by molar-refractivity contribution is 0.442. The van der Waals surface area contributed by atoms with E-state index in [-0.39, 0.29) is 17.4 Å². The molecule has 3 fully saturated rings. The van der Waals surface area contributed by atoms with Gasteiger partial charge in [-0.3, -0.25) is 9.36 Å². The van der Waals surface area contributed by atoms with Crippen LogP contribution in [0.1, 0.15) is 88.7 Å². The molecule has 1 saturated heterocycles. The van der Waals surface area contributed by atoms with Gasteiger partial charge in [0.05, 0.1) is 5.69 Å². The number of hydrogen-bond acceptors (Lipinski definition) is 5. The normalized spacial score (nSPS) is 19.9. The molecule has 4 aromatic rings. The summed E-state index contributed by atoms with van der Waals surface area (Å²) >= 11 is 6.85. The number of nitrogens with zero attached hydrogens (tertiary/aromatic N) is 4. The maximum Gasteiger partial charge on any atom is 0.260 e. The average Bonchev–Trinajstić information content (AvgIpc) is 3.73. The number of fused-ring (bicyclic) bond motifs is 1. The summed E-state index contributed by atoms with van der Waals surface area (Å²) in [5.41, 5.74) is 4.32. The van der Waals surface area contributed by atoms with Gasteiger partial charge >= 0.3 is 0 Å². The van der Waals surface area contributed by atoms with Crippen LogP contribution in [0.2, 0.25) is 5.02 Å². The lowest BCUT2D eigenvalue weighted by atomic mass is 9.95. The third kappa shape index (κ3) is 5.64. The summed E-state index contributed by atoms with van der Waals surface area (Å²) in [5, 5.41) is 4.58. The number of nitrogens with one attached hydrogen (secondary N) is 1. The fourth-order valence-electron chi connectivity index (χ4n) is 7.52. The highest BCUT2D eigenvalue weighted by Crippen LogP contribution is 2.38. The summed E-state index contributed by atoms with van der Waals surface area (Å²) < 4.78 is 17.1. The van der Waals surface area contributed by atoms with Gasteiger partial charge in [0.15, 0.2) is 0 Å². The van der Waals surface area contributed by atoms with Crippen LogP contribution < -0.4 is 15.8 Å². The van der Waals surface area contributed by atoms with Crippen LogP contribution in [0.5, 0.6) is 0 Å². The second kappa shape index (κ2) is 11.9. The molecule has 8 heteroatoms. The zero-order chi connectivity index (χ0) is 29.5.